The number of hydrogen-bond acceptors (Lipinski definition) is 2. The number of sulfonamides is 1. The summed E-state index contributed by atoms with van der Waals surface area (Å²) in [5, 5.41) is 6.33. The van der Waals surface area contributed by atoms with Crippen molar-refractivity contribution >= 4 is 20.9 Å². The Morgan fingerprint density at radius 2 is 1.90 bits per heavy atom. The highest BCUT2D eigenvalue weighted by molar-refractivity contribution is 7.89. The minimum absolute atomic E-state index is 0.171. The van der Waals surface area contributed by atoms with Gasteiger partial charge in [0.05, 0.1) is 4.90 Å². The molecular formula is C15H14N2O2S. The van der Waals surface area contributed by atoms with E-state index in [-0.39, 0.29) is 4.90 Å². The summed E-state index contributed by atoms with van der Waals surface area (Å²) in [4.78, 5) is 3.30. The molecule has 102 valence electrons. The van der Waals surface area contributed by atoms with Crippen molar-refractivity contribution in [2.75, 3.05) is 0 Å². The maximum Gasteiger partial charge on any atom is 0.238 e. The molecule has 0 bridgehead atoms. The van der Waals surface area contributed by atoms with Crippen molar-refractivity contribution in [3.8, 4) is 11.1 Å². The van der Waals surface area contributed by atoms with Crippen LogP contribution < -0.4 is 5.14 Å². The summed E-state index contributed by atoms with van der Waals surface area (Å²) in [6, 6.07) is 13.1. The molecule has 0 aliphatic rings. The molecule has 5 heteroatoms. The normalized spacial score (nSPS) is 11.9. The number of aromatic amines is 1. The van der Waals surface area contributed by atoms with E-state index in [0.29, 0.717) is 5.56 Å². The maximum absolute atomic E-state index is 11.6. The first-order valence-corrected chi connectivity index (χ1v) is 7.71. The topological polar surface area (TPSA) is 76.0 Å². The highest BCUT2D eigenvalue weighted by Crippen LogP contribution is 2.29. The number of H-pyrrole nitrogens is 1. The minimum Gasteiger partial charge on any atom is -0.361 e. The molecule has 0 aliphatic carbocycles. The largest absolute Gasteiger partial charge is 0.361 e. The second-order valence-electron chi connectivity index (χ2n) is 4.75. The summed E-state index contributed by atoms with van der Waals surface area (Å²) in [7, 11) is -3.70. The number of nitrogens with one attached hydrogen (secondary N) is 1. The Balaban J connectivity index is 2.24. The van der Waals surface area contributed by atoms with Crippen LogP contribution in [0.25, 0.3) is 22.0 Å². The fraction of sp³-hybridized carbons (Fsp3) is 0.0667. The number of aromatic nitrogens is 1. The maximum atomic E-state index is 11.6. The summed E-state index contributed by atoms with van der Waals surface area (Å²) in [5.74, 6) is 0. The van der Waals surface area contributed by atoms with Crippen LogP contribution in [0.15, 0.2) is 53.6 Å². The highest BCUT2D eigenvalue weighted by atomic mass is 32.2. The van der Waals surface area contributed by atoms with Crippen molar-refractivity contribution < 1.29 is 8.42 Å². The van der Waals surface area contributed by atoms with Crippen LogP contribution in [0, 0.1) is 6.92 Å². The van der Waals surface area contributed by atoms with Crippen LogP contribution in [0.3, 0.4) is 0 Å². The predicted octanol–water partition coefficient (Wildman–Crippen LogP) is 2.79. The Hall–Kier alpha value is -2.11. The van der Waals surface area contributed by atoms with Crippen molar-refractivity contribution in [3.05, 3.63) is 54.2 Å². The van der Waals surface area contributed by atoms with Gasteiger partial charge in [0.15, 0.2) is 0 Å². The molecule has 2 aromatic carbocycles. The summed E-state index contributed by atoms with van der Waals surface area (Å²) < 4.78 is 23.2. The summed E-state index contributed by atoms with van der Waals surface area (Å²) >= 11 is 0. The van der Waals surface area contributed by atoms with Crippen molar-refractivity contribution in [1.82, 2.24) is 4.98 Å². The van der Waals surface area contributed by atoms with Gasteiger partial charge in [-0.3, -0.25) is 0 Å². The molecular weight excluding hydrogens is 272 g/mol. The van der Waals surface area contributed by atoms with E-state index in [1.165, 1.54) is 6.07 Å². The van der Waals surface area contributed by atoms with E-state index >= 15 is 0 Å². The van der Waals surface area contributed by atoms with Gasteiger partial charge in [0, 0.05) is 11.7 Å². The van der Waals surface area contributed by atoms with Gasteiger partial charge in [0.25, 0.3) is 0 Å². The Morgan fingerprint density at radius 3 is 2.65 bits per heavy atom. The lowest BCUT2D eigenvalue weighted by Crippen LogP contribution is -2.13. The second kappa shape index (κ2) is 4.47. The first-order valence-electron chi connectivity index (χ1n) is 6.17. The van der Waals surface area contributed by atoms with Crippen LogP contribution in [-0.2, 0) is 10.0 Å². The molecule has 0 saturated carbocycles. The number of hydrogen-bond donors (Lipinski definition) is 2. The lowest BCUT2D eigenvalue weighted by Gasteiger charge is -2.10. The average molecular weight is 286 g/mol. The molecule has 3 aromatic rings. The Morgan fingerprint density at radius 1 is 1.10 bits per heavy atom. The molecule has 0 radical (unpaired) electrons. The number of rotatable bonds is 2. The van der Waals surface area contributed by atoms with Gasteiger partial charge in [-0.15, -0.1) is 0 Å². The van der Waals surface area contributed by atoms with E-state index in [0.717, 1.165) is 22.0 Å². The molecule has 0 spiro atoms. The van der Waals surface area contributed by atoms with E-state index in [1.807, 2.05) is 36.5 Å². The number of fused-ring (bicyclic) bond motifs is 1. The molecule has 4 nitrogen and oxygen atoms in total. The van der Waals surface area contributed by atoms with Gasteiger partial charge in [-0.1, -0.05) is 18.2 Å². The molecule has 0 aliphatic heterocycles. The van der Waals surface area contributed by atoms with E-state index in [9.17, 15) is 8.42 Å². The molecule has 3 rings (SSSR count). The first-order chi connectivity index (χ1) is 9.47. The fourth-order valence-corrected chi connectivity index (χ4v) is 3.26. The zero-order valence-corrected chi connectivity index (χ0v) is 11.7. The third-order valence-corrected chi connectivity index (χ3v) is 4.51. The van der Waals surface area contributed by atoms with Crippen molar-refractivity contribution in [1.29, 1.82) is 0 Å². The zero-order valence-electron chi connectivity index (χ0n) is 10.9. The number of primary sulfonamides is 1. The molecule has 20 heavy (non-hydrogen) atoms. The molecule has 1 aromatic heterocycles. The van der Waals surface area contributed by atoms with Crippen LogP contribution in [0.4, 0.5) is 0 Å². The molecule has 0 atom stereocenters. The zero-order chi connectivity index (χ0) is 14.3. The molecule has 3 N–H and O–H groups in total. The molecule has 0 amide bonds. The van der Waals surface area contributed by atoms with Crippen LogP contribution in [0.2, 0.25) is 0 Å². The molecule has 0 saturated heterocycles. The lowest BCUT2D eigenvalue weighted by atomic mass is 9.99. The van der Waals surface area contributed by atoms with Crippen LogP contribution in [-0.4, -0.2) is 13.4 Å². The van der Waals surface area contributed by atoms with Crippen molar-refractivity contribution in [3.63, 3.8) is 0 Å². The Bertz CT molecular complexity index is 895. The summed E-state index contributed by atoms with van der Waals surface area (Å²) in [6.07, 6.45) is 1.88. The smallest absolute Gasteiger partial charge is 0.238 e. The Labute approximate surface area is 117 Å². The monoisotopic (exact) mass is 286 g/mol. The van der Waals surface area contributed by atoms with Gasteiger partial charge in [-0.25, -0.2) is 13.6 Å². The van der Waals surface area contributed by atoms with E-state index in [2.05, 4.69) is 4.98 Å². The third kappa shape index (κ3) is 2.11. The number of nitrogens with two attached hydrogens (primary N) is 1. The highest BCUT2D eigenvalue weighted by Gasteiger charge is 2.14. The van der Waals surface area contributed by atoms with E-state index in [4.69, 9.17) is 5.14 Å². The average Bonchev–Trinajstić information content (AvgIpc) is 2.84. The second-order valence-corrected chi connectivity index (χ2v) is 6.28. The fourth-order valence-electron chi connectivity index (χ4n) is 2.46. The lowest BCUT2D eigenvalue weighted by molar-refractivity contribution is 0.597. The quantitative estimate of drug-likeness (QED) is 0.760. The minimum atomic E-state index is -3.70. The van der Waals surface area contributed by atoms with E-state index < -0.39 is 10.0 Å². The van der Waals surface area contributed by atoms with Crippen molar-refractivity contribution in [2.24, 2.45) is 5.14 Å². The van der Waals surface area contributed by atoms with Crippen molar-refractivity contribution in [2.45, 2.75) is 11.8 Å². The van der Waals surface area contributed by atoms with Gasteiger partial charge < -0.3 is 4.98 Å². The van der Waals surface area contributed by atoms with Gasteiger partial charge in [-0.2, -0.15) is 0 Å². The van der Waals surface area contributed by atoms with Crippen LogP contribution in [0.5, 0.6) is 0 Å². The summed E-state index contributed by atoms with van der Waals surface area (Å²) in [5.41, 5.74) is 3.57. The predicted molar refractivity (Wildman–Crippen MR) is 79.8 cm³/mol. The molecule has 0 unspecified atom stereocenters. The summed E-state index contributed by atoms with van der Waals surface area (Å²) in [6.45, 7) is 1.77. The standard InChI is InChI=1S/C15H14N2O2S/c1-10-13(3-2-4-15(10)20(16,18)19)11-5-6-14-12(9-11)7-8-17-14/h2-9,17H,1H3,(H2,16,18,19). The first kappa shape index (κ1) is 12.9. The van der Waals surface area contributed by atoms with Gasteiger partial charge in [-0.05, 0) is 53.3 Å². The van der Waals surface area contributed by atoms with E-state index in [1.54, 1.807) is 13.0 Å². The van der Waals surface area contributed by atoms with Crippen LogP contribution >= 0.6 is 0 Å². The van der Waals surface area contributed by atoms with Gasteiger partial charge in [0.2, 0.25) is 10.0 Å². The molecule has 1 heterocycles. The number of benzene rings is 2. The Kier molecular flexibility index (Phi) is 2.88. The third-order valence-electron chi connectivity index (χ3n) is 3.45. The van der Waals surface area contributed by atoms with Gasteiger partial charge >= 0.3 is 0 Å². The SMILES string of the molecule is Cc1c(-c2ccc3[nH]ccc3c2)cccc1S(N)(=O)=O. The van der Waals surface area contributed by atoms with Gasteiger partial charge in [0.1, 0.15) is 0 Å². The molecule has 0 fully saturated rings. The van der Waals surface area contributed by atoms with Crippen LogP contribution in [0.1, 0.15) is 5.56 Å².